The van der Waals surface area contributed by atoms with Crippen LogP contribution in [-0.2, 0) is 13.0 Å². The zero-order valence-corrected chi connectivity index (χ0v) is 16.4. The van der Waals surface area contributed by atoms with E-state index in [4.69, 9.17) is 9.97 Å². The Hall–Kier alpha value is -3.15. The number of hydrogen-bond acceptors (Lipinski definition) is 4. The van der Waals surface area contributed by atoms with E-state index in [1.165, 1.54) is 0 Å². The molecular weight excluding hydrogens is 353 g/mol. The van der Waals surface area contributed by atoms with E-state index < -0.39 is 0 Å². The van der Waals surface area contributed by atoms with Crippen LogP contribution in [0.4, 0.5) is 4.39 Å². The molecule has 0 bridgehead atoms. The van der Waals surface area contributed by atoms with Gasteiger partial charge in [0, 0.05) is 35.2 Å². The Bertz CT molecular complexity index is 1050. The molecule has 0 amide bonds. The average molecular weight is 377 g/mol. The Kier molecular flexibility index (Phi) is 6.42. The third-order valence-corrected chi connectivity index (χ3v) is 4.46. The standard InChI is InChI=1S/C22H24FN5/c1-4-6-8-19(26-15-23)22-24-11-12-28(22)14-20-18(7-5-2)21-17(13-25-20)10-9-16(3)27-21/h4,6,8-13,15H,5,7,14H2,1-3H3/b6-4-,19-8-,26-15?. The molecule has 5 nitrogen and oxygen atoms in total. The molecule has 0 saturated carbocycles. The molecule has 6 heteroatoms. The molecule has 3 aromatic rings. The van der Waals surface area contributed by atoms with Crippen LogP contribution in [0.15, 0.2) is 53.9 Å². The Morgan fingerprint density at radius 1 is 1.29 bits per heavy atom. The zero-order chi connectivity index (χ0) is 19.9. The summed E-state index contributed by atoms with van der Waals surface area (Å²) in [4.78, 5) is 17.7. The van der Waals surface area contributed by atoms with Crippen molar-refractivity contribution in [3.05, 3.63) is 71.7 Å². The van der Waals surface area contributed by atoms with Gasteiger partial charge >= 0.3 is 0 Å². The summed E-state index contributed by atoms with van der Waals surface area (Å²) in [6.07, 6.45) is 12.7. The highest BCUT2D eigenvalue weighted by molar-refractivity contribution is 5.81. The maximum absolute atomic E-state index is 12.8. The lowest BCUT2D eigenvalue weighted by molar-refractivity contribution is 0.742. The summed E-state index contributed by atoms with van der Waals surface area (Å²) in [5.41, 5.74) is 4.54. The highest BCUT2D eigenvalue weighted by atomic mass is 19.1. The zero-order valence-electron chi connectivity index (χ0n) is 16.4. The number of rotatable bonds is 7. The van der Waals surface area contributed by atoms with Gasteiger partial charge in [-0.15, -0.1) is 0 Å². The summed E-state index contributed by atoms with van der Waals surface area (Å²) < 4.78 is 14.7. The fraction of sp³-hybridized carbons (Fsp3) is 0.273. The SMILES string of the molecule is C/C=C\C=C(/N=CF)c1nccn1Cc1ncc2ccc(C)nc2c1CCC. The number of fused-ring (bicyclic) bond motifs is 1. The number of pyridine rings is 2. The van der Waals surface area contributed by atoms with Gasteiger partial charge < -0.3 is 4.57 Å². The first-order valence-corrected chi connectivity index (χ1v) is 9.39. The molecule has 0 unspecified atom stereocenters. The summed E-state index contributed by atoms with van der Waals surface area (Å²) in [6.45, 7) is 6.85. The number of halogens is 1. The van der Waals surface area contributed by atoms with Gasteiger partial charge in [-0.05, 0) is 38.5 Å². The Morgan fingerprint density at radius 2 is 2.14 bits per heavy atom. The monoisotopic (exact) mass is 377 g/mol. The Labute approximate surface area is 164 Å². The van der Waals surface area contributed by atoms with Gasteiger partial charge in [-0.3, -0.25) is 9.97 Å². The molecule has 0 aliphatic rings. The Morgan fingerprint density at radius 3 is 2.89 bits per heavy atom. The van der Waals surface area contributed by atoms with Crippen molar-refractivity contribution in [2.24, 2.45) is 4.99 Å². The van der Waals surface area contributed by atoms with Crippen LogP contribution in [0.5, 0.6) is 0 Å². The number of aliphatic imine (C=N–C) groups is 1. The second-order valence-corrected chi connectivity index (χ2v) is 6.51. The van der Waals surface area contributed by atoms with Gasteiger partial charge in [0.05, 0.1) is 17.8 Å². The third kappa shape index (κ3) is 4.22. The first-order valence-electron chi connectivity index (χ1n) is 9.39. The van der Waals surface area contributed by atoms with E-state index in [1.807, 2.05) is 49.0 Å². The van der Waals surface area contributed by atoms with E-state index in [0.29, 0.717) is 18.1 Å². The van der Waals surface area contributed by atoms with Crippen LogP contribution in [0.3, 0.4) is 0 Å². The van der Waals surface area contributed by atoms with Crippen molar-refractivity contribution in [2.45, 2.75) is 40.2 Å². The predicted molar refractivity (Wildman–Crippen MR) is 112 cm³/mol. The molecule has 3 aromatic heterocycles. The lowest BCUT2D eigenvalue weighted by Crippen LogP contribution is -2.09. The highest BCUT2D eigenvalue weighted by Gasteiger charge is 2.14. The molecule has 0 spiro atoms. The molecule has 0 atom stereocenters. The molecule has 0 N–H and O–H groups in total. The normalized spacial score (nSPS) is 12.6. The van der Waals surface area contributed by atoms with Gasteiger partial charge in [0.2, 0.25) is 0 Å². The smallest absolute Gasteiger partial charge is 0.176 e. The molecule has 0 aromatic carbocycles. The molecular formula is C22H24FN5. The van der Waals surface area contributed by atoms with Gasteiger partial charge in [-0.2, -0.15) is 4.39 Å². The molecule has 0 aliphatic carbocycles. The van der Waals surface area contributed by atoms with Crippen LogP contribution in [-0.4, -0.2) is 26.0 Å². The quantitative estimate of drug-likeness (QED) is 0.428. The van der Waals surface area contributed by atoms with Crippen molar-refractivity contribution in [1.29, 1.82) is 0 Å². The molecule has 0 aliphatic heterocycles. The van der Waals surface area contributed by atoms with Crippen molar-refractivity contribution in [3.63, 3.8) is 0 Å². The van der Waals surface area contributed by atoms with E-state index >= 15 is 0 Å². The van der Waals surface area contributed by atoms with E-state index in [9.17, 15) is 4.39 Å². The second kappa shape index (κ2) is 9.17. The number of allylic oxidation sites excluding steroid dienone is 3. The van der Waals surface area contributed by atoms with Gasteiger partial charge in [-0.1, -0.05) is 25.5 Å². The van der Waals surface area contributed by atoms with E-state index in [2.05, 4.69) is 23.0 Å². The summed E-state index contributed by atoms with van der Waals surface area (Å²) in [5.74, 6) is 0.591. The predicted octanol–water partition coefficient (Wildman–Crippen LogP) is 5.05. The maximum Gasteiger partial charge on any atom is 0.176 e. The van der Waals surface area contributed by atoms with Crippen LogP contribution in [0.2, 0.25) is 0 Å². The molecule has 144 valence electrons. The van der Waals surface area contributed by atoms with Crippen molar-refractivity contribution < 1.29 is 4.39 Å². The second-order valence-electron chi connectivity index (χ2n) is 6.51. The first kappa shape index (κ1) is 19.6. The average Bonchev–Trinajstić information content (AvgIpc) is 3.15. The van der Waals surface area contributed by atoms with E-state index in [-0.39, 0.29) is 6.47 Å². The highest BCUT2D eigenvalue weighted by Crippen LogP contribution is 2.23. The van der Waals surface area contributed by atoms with Crippen LogP contribution in [0.1, 0.15) is 43.0 Å². The van der Waals surface area contributed by atoms with Gasteiger partial charge in [0.15, 0.2) is 12.3 Å². The van der Waals surface area contributed by atoms with Crippen LogP contribution in [0, 0.1) is 6.92 Å². The molecule has 0 saturated heterocycles. The van der Waals surface area contributed by atoms with Gasteiger partial charge in [-0.25, -0.2) is 9.98 Å². The lowest BCUT2D eigenvalue weighted by Gasteiger charge is -2.13. The minimum atomic E-state index is 0.290. The van der Waals surface area contributed by atoms with E-state index in [0.717, 1.165) is 40.7 Å². The lowest BCUT2D eigenvalue weighted by atomic mass is 10.0. The molecule has 28 heavy (non-hydrogen) atoms. The number of nitrogens with zero attached hydrogens (tertiary/aromatic N) is 5. The topological polar surface area (TPSA) is 56.0 Å². The fourth-order valence-electron chi connectivity index (χ4n) is 3.17. The van der Waals surface area contributed by atoms with Crippen molar-refractivity contribution in [1.82, 2.24) is 19.5 Å². The first-order chi connectivity index (χ1) is 13.7. The largest absolute Gasteiger partial charge is 0.324 e. The molecule has 3 heterocycles. The minimum absolute atomic E-state index is 0.290. The minimum Gasteiger partial charge on any atom is -0.324 e. The van der Waals surface area contributed by atoms with Crippen molar-refractivity contribution in [3.8, 4) is 0 Å². The summed E-state index contributed by atoms with van der Waals surface area (Å²) in [6, 6.07) is 4.06. The Balaban J connectivity index is 2.07. The van der Waals surface area contributed by atoms with E-state index in [1.54, 1.807) is 12.3 Å². The van der Waals surface area contributed by atoms with Gasteiger partial charge in [0.1, 0.15) is 5.70 Å². The third-order valence-electron chi connectivity index (χ3n) is 4.46. The van der Waals surface area contributed by atoms with Gasteiger partial charge in [0.25, 0.3) is 0 Å². The van der Waals surface area contributed by atoms with Crippen molar-refractivity contribution >= 4 is 23.1 Å². The summed E-state index contributed by atoms with van der Waals surface area (Å²) in [5, 5.41) is 1.04. The number of aromatic nitrogens is 4. The molecule has 3 rings (SSSR count). The van der Waals surface area contributed by atoms with Crippen LogP contribution in [0.25, 0.3) is 16.6 Å². The van der Waals surface area contributed by atoms with Crippen LogP contribution < -0.4 is 0 Å². The summed E-state index contributed by atoms with van der Waals surface area (Å²) in [7, 11) is 0. The summed E-state index contributed by atoms with van der Waals surface area (Å²) >= 11 is 0. The van der Waals surface area contributed by atoms with Crippen molar-refractivity contribution in [2.75, 3.05) is 0 Å². The molecule has 0 radical (unpaired) electrons. The number of imidazole rings is 1. The number of aryl methyl sites for hydroxylation is 2. The number of hydrogen-bond donors (Lipinski definition) is 0. The van der Waals surface area contributed by atoms with Crippen LogP contribution >= 0.6 is 0 Å². The molecule has 0 fully saturated rings. The maximum atomic E-state index is 12.8. The fourth-order valence-corrected chi connectivity index (χ4v) is 3.17.